The van der Waals surface area contributed by atoms with Gasteiger partial charge < -0.3 is 4.74 Å². The highest BCUT2D eigenvalue weighted by atomic mass is 16.5. The molecule has 0 saturated heterocycles. The van der Waals surface area contributed by atoms with Crippen molar-refractivity contribution < 1.29 is 9.53 Å². The second kappa shape index (κ2) is 9.13. The van der Waals surface area contributed by atoms with E-state index in [2.05, 4.69) is 32.9 Å². The first-order valence-electron chi connectivity index (χ1n) is 7.12. The number of ether oxygens (including phenoxy) is 1. The van der Waals surface area contributed by atoms with E-state index in [-0.39, 0.29) is 5.97 Å². The Morgan fingerprint density at radius 2 is 1.65 bits per heavy atom. The SMILES string of the molecule is CC(C)=CCC/C(C)=C\CCC(=O)Oc1ccccc1. The van der Waals surface area contributed by atoms with Gasteiger partial charge in [-0.05, 0) is 52.2 Å². The predicted molar refractivity (Wildman–Crippen MR) is 83.7 cm³/mol. The topological polar surface area (TPSA) is 26.3 Å². The third-order valence-corrected chi connectivity index (χ3v) is 2.91. The molecule has 0 aliphatic carbocycles. The zero-order valence-electron chi connectivity index (χ0n) is 12.7. The van der Waals surface area contributed by atoms with Crippen molar-refractivity contribution in [3.8, 4) is 5.75 Å². The molecule has 2 heteroatoms. The van der Waals surface area contributed by atoms with Gasteiger partial charge in [0.2, 0.25) is 0 Å². The summed E-state index contributed by atoms with van der Waals surface area (Å²) in [5, 5.41) is 0. The van der Waals surface area contributed by atoms with Gasteiger partial charge in [0.15, 0.2) is 0 Å². The highest BCUT2D eigenvalue weighted by molar-refractivity contribution is 5.72. The molecule has 0 spiro atoms. The lowest BCUT2D eigenvalue weighted by Crippen LogP contribution is -2.06. The average molecular weight is 272 g/mol. The first-order valence-corrected chi connectivity index (χ1v) is 7.12. The molecule has 0 unspecified atom stereocenters. The summed E-state index contributed by atoms with van der Waals surface area (Å²) in [5.74, 6) is 0.436. The number of hydrogen-bond acceptors (Lipinski definition) is 2. The molecule has 0 aromatic heterocycles. The van der Waals surface area contributed by atoms with Crippen LogP contribution in [0.2, 0.25) is 0 Å². The van der Waals surface area contributed by atoms with Gasteiger partial charge in [0.05, 0.1) is 0 Å². The Morgan fingerprint density at radius 3 is 2.30 bits per heavy atom. The lowest BCUT2D eigenvalue weighted by Gasteiger charge is -2.03. The molecule has 0 radical (unpaired) electrons. The summed E-state index contributed by atoms with van der Waals surface area (Å²) in [7, 11) is 0. The van der Waals surface area contributed by atoms with E-state index in [1.165, 1.54) is 11.1 Å². The van der Waals surface area contributed by atoms with Crippen molar-refractivity contribution >= 4 is 5.97 Å². The second-order valence-electron chi connectivity index (χ2n) is 5.20. The Hall–Kier alpha value is -1.83. The Morgan fingerprint density at radius 1 is 1.00 bits per heavy atom. The van der Waals surface area contributed by atoms with Crippen LogP contribution in [-0.4, -0.2) is 5.97 Å². The van der Waals surface area contributed by atoms with E-state index < -0.39 is 0 Å². The number of hydrogen-bond donors (Lipinski definition) is 0. The smallest absolute Gasteiger partial charge is 0.311 e. The van der Waals surface area contributed by atoms with Crippen molar-refractivity contribution in [1.82, 2.24) is 0 Å². The van der Waals surface area contributed by atoms with Crippen LogP contribution in [0.4, 0.5) is 0 Å². The van der Waals surface area contributed by atoms with Crippen molar-refractivity contribution in [2.75, 3.05) is 0 Å². The average Bonchev–Trinajstić information content (AvgIpc) is 2.39. The number of esters is 1. The maximum absolute atomic E-state index is 11.6. The van der Waals surface area contributed by atoms with Crippen LogP contribution >= 0.6 is 0 Å². The summed E-state index contributed by atoms with van der Waals surface area (Å²) >= 11 is 0. The number of benzene rings is 1. The number of rotatable bonds is 7. The van der Waals surface area contributed by atoms with Crippen molar-refractivity contribution in [2.45, 2.75) is 46.5 Å². The number of carbonyl (C=O) groups excluding carboxylic acids is 1. The van der Waals surface area contributed by atoms with E-state index in [1.54, 1.807) is 12.1 Å². The fraction of sp³-hybridized carbons (Fsp3) is 0.389. The molecule has 0 heterocycles. The predicted octanol–water partition coefficient (Wildman–Crippen LogP) is 5.06. The van der Waals surface area contributed by atoms with Crippen molar-refractivity contribution in [3.05, 3.63) is 53.6 Å². The fourth-order valence-corrected chi connectivity index (χ4v) is 1.80. The second-order valence-corrected chi connectivity index (χ2v) is 5.20. The van der Waals surface area contributed by atoms with Crippen LogP contribution in [0.15, 0.2) is 53.6 Å². The van der Waals surface area contributed by atoms with Crippen molar-refractivity contribution in [1.29, 1.82) is 0 Å². The third-order valence-electron chi connectivity index (χ3n) is 2.91. The van der Waals surface area contributed by atoms with Crippen molar-refractivity contribution in [2.24, 2.45) is 0 Å². The van der Waals surface area contributed by atoms with E-state index in [4.69, 9.17) is 4.74 Å². The maximum Gasteiger partial charge on any atom is 0.311 e. The largest absolute Gasteiger partial charge is 0.427 e. The van der Waals surface area contributed by atoms with Gasteiger partial charge in [-0.3, -0.25) is 4.79 Å². The first-order chi connectivity index (χ1) is 9.58. The quantitative estimate of drug-likeness (QED) is 0.394. The van der Waals surface area contributed by atoms with Crippen molar-refractivity contribution in [3.63, 3.8) is 0 Å². The maximum atomic E-state index is 11.6. The minimum absolute atomic E-state index is 0.176. The molecule has 1 aromatic carbocycles. The van der Waals surface area contributed by atoms with Crippen LogP contribution in [0.3, 0.4) is 0 Å². The molecule has 0 atom stereocenters. The monoisotopic (exact) mass is 272 g/mol. The van der Waals surface area contributed by atoms with Gasteiger partial charge in [-0.1, -0.05) is 41.5 Å². The Labute approximate surface area is 122 Å². The van der Waals surface area contributed by atoms with Gasteiger partial charge in [0, 0.05) is 6.42 Å². The molecule has 2 nitrogen and oxygen atoms in total. The van der Waals surface area contributed by atoms with E-state index in [0.717, 1.165) is 19.3 Å². The standard InChI is InChI=1S/C18H24O2/c1-15(2)9-7-10-16(3)11-8-14-18(19)20-17-12-5-4-6-13-17/h4-6,9,11-13H,7-8,10,14H2,1-3H3/b16-11-. The van der Waals surface area contributed by atoms with E-state index in [9.17, 15) is 4.79 Å². The molecule has 0 N–H and O–H groups in total. The molecule has 0 aliphatic heterocycles. The van der Waals surface area contributed by atoms with Crippen LogP contribution in [0.25, 0.3) is 0 Å². The lowest BCUT2D eigenvalue weighted by atomic mass is 10.1. The zero-order valence-corrected chi connectivity index (χ0v) is 12.7. The summed E-state index contributed by atoms with van der Waals surface area (Å²) in [5.41, 5.74) is 2.68. The number of carbonyl (C=O) groups is 1. The van der Waals surface area contributed by atoms with Crippen LogP contribution in [0, 0.1) is 0 Å². The van der Waals surface area contributed by atoms with E-state index in [1.807, 2.05) is 18.2 Å². The molecule has 1 aromatic rings. The molecular formula is C18H24O2. The highest BCUT2D eigenvalue weighted by Crippen LogP contribution is 2.11. The summed E-state index contributed by atoms with van der Waals surface area (Å²) < 4.78 is 5.23. The van der Waals surface area contributed by atoms with Crippen LogP contribution in [0.5, 0.6) is 5.75 Å². The minimum atomic E-state index is -0.176. The molecule has 0 bridgehead atoms. The van der Waals surface area contributed by atoms with Crippen LogP contribution in [-0.2, 0) is 4.79 Å². The van der Waals surface area contributed by atoms with Gasteiger partial charge in [-0.2, -0.15) is 0 Å². The first kappa shape index (κ1) is 16.2. The molecule has 0 fully saturated rings. The summed E-state index contributed by atoms with van der Waals surface area (Å²) in [6, 6.07) is 9.19. The Balaban J connectivity index is 2.25. The van der Waals surface area contributed by atoms with Gasteiger partial charge >= 0.3 is 5.97 Å². The van der Waals surface area contributed by atoms with Gasteiger partial charge in [-0.15, -0.1) is 0 Å². The van der Waals surface area contributed by atoms with Gasteiger partial charge in [0.1, 0.15) is 5.75 Å². The van der Waals surface area contributed by atoms with Gasteiger partial charge in [-0.25, -0.2) is 0 Å². The third kappa shape index (κ3) is 7.57. The Bertz CT molecular complexity index is 465. The molecular weight excluding hydrogens is 248 g/mol. The summed E-state index contributed by atoms with van der Waals surface area (Å²) in [6.07, 6.45) is 7.66. The van der Waals surface area contributed by atoms with Gasteiger partial charge in [0.25, 0.3) is 0 Å². The molecule has 0 amide bonds. The molecule has 1 rings (SSSR count). The van der Waals surface area contributed by atoms with E-state index in [0.29, 0.717) is 12.2 Å². The number of para-hydroxylation sites is 1. The van der Waals surface area contributed by atoms with E-state index >= 15 is 0 Å². The normalized spacial score (nSPS) is 11.1. The van der Waals surface area contributed by atoms with Crippen LogP contribution < -0.4 is 4.74 Å². The molecule has 0 saturated carbocycles. The highest BCUT2D eigenvalue weighted by Gasteiger charge is 2.02. The fourth-order valence-electron chi connectivity index (χ4n) is 1.80. The number of allylic oxidation sites excluding steroid dienone is 4. The summed E-state index contributed by atoms with van der Waals surface area (Å²) in [4.78, 5) is 11.6. The molecule has 20 heavy (non-hydrogen) atoms. The lowest BCUT2D eigenvalue weighted by molar-refractivity contribution is -0.134. The van der Waals surface area contributed by atoms with Crippen LogP contribution in [0.1, 0.15) is 46.5 Å². The summed E-state index contributed by atoms with van der Waals surface area (Å²) in [6.45, 7) is 6.33. The Kier molecular flexibility index (Phi) is 7.41. The molecule has 108 valence electrons. The molecule has 0 aliphatic rings. The minimum Gasteiger partial charge on any atom is -0.427 e. The zero-order chi connectivity index (χ0) is 14.8.